The van der Waals surface area contributed by atoms with Crippen LogP contribution in [0.1, 0.15) is 32.6 Å². The fourth-order valence-electron chi connectivity index (χ4n) is 3.60. The van der Waals surface area contributed by atoms with Gasteiger partial charge >= 0.3 is 0 Å². The number of carbonyl (C=O) groups is 1. The molecule has 3 heterocycles. The molecule has 0 radical (unpaired) electrons. The summed E-state index contributed by atoms with van der Waals surface area (Å²) in [4.78, 5) is 27.8. The van der Waals surface area contributed by atoms with Crippen molar-refractivity contribution in [2.24, 2.45) is 11.8 Å². The lowest BCUT2D eigenvalue weighted by Gasteiger charge is -2.37. The molecule has 2 aliphatic heterocycles. The van der Waals surface area contributed by atoms with Gasteiger partial charge in [0, 0.05) is 52.3 Å². The second-order valence-electron chi connectivity index (χ2n) is 7.40. The number of amides is 1. The predicted molar refractivity (Wildman–Crippen MR) is 96.3 cm³/mol. The van der Waals surface area contributed by atoms with Crippen LogP contribution in [0.15, 0.2) is 12.4 Å². The van der Waals surface area contributed by atoms with E-state index in [1.165, 1.54) is 0 Å². The Kier molecular flexibility index (Phi) is 5.21. The van der Waals surface area contributed by atoms with Gasteiger partial charge in [0.1, 0.15) is 18.0 Å². The minimum Gasteiger partial charge on any atom is -0.363 e. The molecule has 1 aromatic heterocycles. The van der Waals surface area contributed by atoms with E-state index in [0.29, 0.717) is 5.91 Å². The smallest absolute Gasteiger partial charge is 0.225 e. The zero-order valence-electron chi connectivity index (χ0n) is 15.1. The van der Waals surface area contributed by atoms with Crippen molar-refractivity contribution in [1.29, 1.82) is 0 Å². The monoisotopic (exact) mass is 331 g/mol. The molecule has 0 saturated carbocycles. The molecular weight excluding hydrogens is 302 g/mol. The van der Waals surface area contributed by atoms with Crippen LogP contribution < -0.4 is 9.80 Å². The van der Waals surface area contributed by atoms with Crippen molar-refractivity contribution in [3.63, 3.8) is 0 Å². The molecule has 2 aliphatic rings. The quantitative estimate of drug-likeness (QED) is 0.848. The number of piperidine rings is 2. The molecule has 2 saturated heterocycles. The first-order valence-corrected chi connectivity index (χ1v) is 9.07. The Morgan fingerprint density at radius 1 is 1.08 bits per heavy atom. The topological polar surface area (TPSA) is 52.6 Å². The first-order valence-electron chi connectivity index (χ1n) is 9.07. The summed E-state index contributed by atoms with van der Waals surface area (Å²) in [5, 5.41) is 0. The Balaban J connectivity index is 1.56. The molecule has 6 nitrogen and oxygen atoms in total. The molecule has 0 aliphatic carbocycles. The number of nitrogens with zero attached hydrogens (tertiary/aromatic N) is 5. The van der Waals surface area contributed by atoms with E-state index < -0.39 is 0 Å². The van der Waals surface area contributed by atoms with E-state index in [2.05, 4.69) is 26.7 Å². The Labute approximate surface area is 144 Å². The van der Waals surface area contributed by atoms with E-state index in [1.54, 1.807) is 6.33 Å². The first-order chi connectivity index (χ1) is 11.5. The fourth-order valence-corrected chi connectivity index (χ4v) is 3.60. The largest absolute Gasteiger partial charge is 0.363 e. The lowest BCUT2D eigenvalue weighted by Crippen LogP contribution is -2.45. The SMILES string of the molecule is CC1CCN(C(=O)C2CCN(c3cc(N(C)C)ncn3)CC2)CC1. The summed E-state index contributed by atoms with van der Waals surface area (Å²) in [7, 11) is 3.97. The third kappa shape index (κ3) is 3.79. The van der Waals surface area contributed by atoms with Crippen molar-refractivity contribution in [2.75, 3.05) is 50.1 Å². The van der Waals surface area contributed by atoms with Gasteiger partial charge in [0.2, 0.25) is 5.91 Å². The minimum atomic E-state index is 0.185. The molecule has 0 N–H and O–H groups in total. The highest BCUT2D eigenvalue weighted by atomic mass is 16.2. The highest BCUT2D eigenvalue weighted by molar-refractivity contribution is 5.79. The minimum absolute atomic E-state index is 0.185. The summed E-state index contributed by atoms with van der Waals surface area (Å²) in [6.45, 7) is 5.95. The number of aromatic nitrogens is 2. The molecule has 132 valence electrons. The van der Waals surface area contributed by atoms with E-state index >= 15 is 0 Å². The molecule has 6 heteroatoms. The van der Waals surface area contributed by atoms with Gasteiger partial charge in [-0.1, -0.05) is 6.92 Å². The Morgan fingerprint density at radius 3 is 2.38 bits per heavy atom. The lowest BCUT2D eigenvalue weighted by molar-refractivity contribution is -0.137. The number of hydrogen-bond acceptors (Lipinski definition) is 5. The second-order valence-corrected chi connectivity index (χ2v) is 7.40. The molecule has 0 spiro atoms. The standard InChI is InChI=1S/C18H29N5O/c1-14-4-8-23(9-5-14)18(24)15-6-10-22(11-7-15)17-12-16(21(2)3)19-13-20-17/h12-15H,4-11H2,1-3H3. The van der Waals surface area contributed by atoms with Crippen LogP contribution in [-0.4, -0.2) is 61.0 Å². The summed E-state index contributed by atoms with van der Waals surface area (Å²) in [5.41, 5.74) is 0. The van der Waals surface area contributed by atoms with Gasteiger partial charge < -0.3 is 14.7 Å². The van der Waals surface area contributed by atoms with Gasteiger partial charge in [-0.2, -0.15) is 0 Å². The van der Waals surface area contributed by atoms with E-state index in [9.17, 15) is 4.79 Å². The van der Waals surface area contributed by atoms with E-state index in [1.807, 2.05) is 25.1 Å². The van der Waals surface area contributed by atoms with Gasteiger partial charge in [-0.15, -0.1) is 0 Å². The van der Waals surface area contributed by atoms with Gasteiger partial charge in [0.15, 0.2) is 0 Å². The van der Waals surface area contributed by atoms with Crippen molar-refractivity contribution in [3.05, 3.63) is 12.4 Å². The van der Waals surface area contributed by atoms with Crippen molar-refractivity contribution < 1.29 is 4.79 Å². The molecule has 0 bridgehead atoms. The van der Waals surface area contributed by atoms with Gasteiger partial charge in [0.05, 0.1) is 0 Å². The zero-order valence-corrected chi connectivity index (χ0v) is 15.1. The number of anilines is 2. The second kappa shape index (κ2) is 7.36. The fraction of sp³-hybridized carbons (Fsp3) is 0.722. The molecule has 0 unspecified atom stereocenters. The average Bonchev–Trinajstić information content (AvgIpc) is 2.62. The maximum absolute atomic E-state index is 12.7. The summed E-state index contributed by atoms with van der Waals surface area (Å²) in [6.07, 6.45) is 5.77. The van der Waals surface area contributed by atoms with E-state index in [0.717, 1.165) is 69.4 Å². The first kappa shape index (κ1) is 17.0. The van der Waals surface area contributed by atoms with Crippen LogP contribution in [-0.2, 0) is 4.79 Å². The predicted octanol–water partition coefficient (Wildman–Crippen LogP) is 2.02. The number of carbonyl (C=O) groups excluding carboxylic acids is 1. The lowest BCUT2D eigenvalue weighted by atomic mass is 9.92. The maximum Gasteiger partial charge on any atom is 0.225 e. The van der Waals surface area contributed by atoms with Crippen LogP contribution in [0.3, 0.4) is 0 Å². The van der Waals surface area contributed by atoms with Crippen LogP contribution in [0.25, 0.3) is 0 Å². The molecule has 2 fully saturated rings. The van der Waals surface area contributed by atoms with Crippen LogP contribution in [0.2, 0.25) is 0 Å². The van der Waals surface area contributed by atoms with Gasteiger partial charge in [-0.3, -0.25) is 4.79 Å². The molecule has 0 aromatic carbocycles. The third-order valence-electron chi connectivity index (χ3n) is 5.36. The van der Waals surface area contributed by atoms with Crippen molar-refractivity contribution in [2.45, 2.75) is 32.6 Å². The molecule has 24 heavy (non-hydrogen) atoms. The van der Waals surface area contributed by atoms with Crippen LogP contribution >= 0.6 is 0 Å². The van der Waals surface area contributed by atoms with Crippen molar-refractivity contribution in [1.82, 2.24) is 14.9 Å². The number of likely N-dealkylation sites (tertiary alicyclic amines) is 1. The van der Waals surface area contributed by atoms with E-state index in [-0.39, 0.29) is 5.92 Å². The van der Waals surface area contributed by atoms with Gasteiger partial charge in [-0.25, -0.2) is 9.97 Å². The van der Waals surface area contributed by atoms with Crippen LogP contribution in [0, 0.1) is 11.8 Å². The van der Waals surface area contributed by atoms with Crippen LogP contribution in [0.5, 0.6) is 0 Å². The Hall–Kier alpha value is -1.85. The highest BCUT2D eigenvalue weighted by Gasteiger charge is 2.30. The highest BCUT2D eigenvalue weighted by Crippen LogP contribution is 2.26. The summed E-state index contributed by atoms with van der Waals surface area (Å²) < 4.78 is 0. The maximum atomic E-state index is 12.7. The average molecular weight is 331 g/mol. The summed E-state index contributed by atoms with van der Waals surface area (Å²) in [5.74, 6) is 3.20. The molecule has 1 aromatic rings. The molecular formula is C18H29N5O. The Morgan fingerprint density at radius 2 is 1.75 bits per heavy atom. The van der Waals surface area contributed by atoms with Gasteiger partial charge in [-0.05, 0) is 31.6 Å². The molecule has 3 rings (SSSR count). The molecule has 0 atom stereocenters. The Bertz CT molecular complexity index is 560. The third-order valence-corrected chi connectivity index (χ3v) is 5.36. The normalized spacial score (nSPS) is 20.3. The zero-order chi connectivity index (χ0) is 17.1. The number of rotatable bonds is 3. The van der Waals surface area contributed by atoms with Crippen molar-refractivity contribution in [3.8, 4) is 0 Å². The number of hydrogen-bond donors (Lipinski definition) is 0. The van der Waals surface area contributed by atoms with Crippen LogP contribution in [0.4, 0.5) is 11.6 Å². The molecule has 1 amide bonds. The van der Waals surface area contributed by atoms with Gasteiger partial charge in [0.25, 0.3) is 0 Å². The van der Waals surface area contributed by atoms with Crippen molar-refractivity contribution >= 4 is 17.5 Å². The summed E-state index contributed by atoms with van der Waals surface area (Å²) >= 11 is 0. The van der Waals surface area contributed by atoms with E-state index in [4.69, 9.17) is 0 Å². The summed E-state index contributed by atoms with van der Waals surface area (Å²) in [6, 6.07) is 2.02.